The van der Waals surface area contributed by atoms with Gasteiger partial charge in [0, 0.05) is 18.3 Å². The van der Waals surface area contributed by atoms with Crippen molar-refractivity contribution in [3.63, 3.8) is 0 Å². The van der Waals surface area contributed by atoms with Crippen LogP contribution in [0, 0.1) is 6.92 Å². The standard InChI is InChI=1S/C13H17N5O/c1-10-3-2-4-11(7-10)15-13(19)9-18-8-12(5-6-14)16-17-18/h2-4,7-8H,5-6,9,14H2,1H3,(H,15,19). The summed E-state index contributed by atoms with van der Waals surface area (Å²) in [5.41, 5.74) is 8.11. The second kappa shape index (κ2) is 6.10. The van der Waals surface area contributed by atoms with Crippen molar-refractivity contribution < 1.29 is 4.79 Å². The fourth-order valence-electron chi connectivity index (χ4n) is 1.75. The molecule has 0 unspecified atom stereocenters. The van der Waals surface area contributed by atoms with E-state index in [0.717, 1.165) is 16.9 Å². The van der Waals surface area contributed by atoms with E-state index in [1.54, 1.807) is 6.20 Å². The van der Waals surface area contributed by atoms with Gasteiger partial charge in [-0.3, -0.25) is 4.79 Å². The van der Waals surface area contributed by atoms with Crippen LogP contribution in [0.5, 0.6) is 0 Å². The number of carbonyl (C=O) groups is 1. The molecule has 0 aliphatic carbocycles. The highest BCUT2D eigenvalue weighted by molar-refractivity contribution is 5.90. The quantitative estimate of drug-likeness (QED) is 0.828. The van der Waals surface area contributed by atoms with Crippen molar-refractivity contribution in [2.24, 2.45) is 5.73 Å². The number of carbonyl (C=O) groups excluding carboxylic acids is 1. The Morgan fingerprint density at radius 3 is 3.05 bits per heavy atom. The number of benzene rings is 1. The summed E-state index contributed by atoms with van der Waals surface area (Å²) in [5, 5.41) is 10.6. The summed E-state index contributed by atoms with van der Waals surface area (Å²) in [6.45, 7) is 2.64. The molecule has 0 saturated carbocycles. The molecule has 1 aromatic heterocycles. The van der Waals surface area contributed by atoms with Crippen LogP contribution in [-0.2, 0) is 17.8 Å². The normalized spacial score (nSPS) is 10.4. The number of nitrogens with zero attached hydrogens (tertiary/aromatic N) is 3. The molecule has 2 rings (SSSR count). The Bertz CT molecular complexity index is 564. The lowest BCUT2D eigenvalue weighted by Crippen LogP contribution is -2.19. The minimum absolute atomic E-state index is 0.130. The van der Waals surface area contributed by atoms with Gasteiger partial charge in [0.2, 0.25) is 5.91 Å². The molecule has 0 fully saturated rings. The largest absolute Gasteiger partial charge is 0.330 e. The molecule has 0 atom stereocenters. The van der Waals surface area contributed by atoms with Crippen LogP contribution in [0.15, 0.2) is 30.5 Å². The van der Waals surface area contributed by atoms with E-state index in [-0.39, 0.29) is 12.5 Å². The molecule has 0 spiro atoms. The van der Waals surface area contributed by atoms with Crippen molar-refractivity contribution in [1.82, 2.24) is 15.0 Å². The average molecular weight is 259 g/mol. The Balaban J connectivity index is 1.93. The molecular weight excluding hydrogens is 242 g/mol. The van der Waals surface area contributed by atoms with E-state index in [1.165, 1.54) is 4.68 Å². The van der Waals surface area contributed by atoms with Gasteiger partial charge in [-0.05, 0) is 31.2 Å². The highest BCUT2D eigenvalue weighted by Crippen LogP contribution is 2.09. The maximum Gasteiger partial charge on any atom is 0.246 e. The average Bonchev–Trinajstić information content (AvgIpc) is 2.77. The van der Waals surface area contributed by atoms with Gasteiger partial charge in [-0.2, -0.15) is 0 Å². The van der Waals surface area contributed by atoms with Gasteiger partial charge < -0.3 is 11.1 Å². The molecular formula is C13H17N5O. The predicted octanol–water partition coefficient (Wildman–Crippen LogP) is 0.726. The summed E-state index contributed by atoms with van der Waals surface area (Å²) in [7, 11) is 0. The molecule has 0 radical (unpaired) electrons. The zero-order valence-electron chi connectivity index (χ0n) is 10.8. The summed E-state index contributed by atoms with van der Waals surface area (Å²) in [6, 6.07) is 7.65. The fourth-order valence-corrected chi connectivity index (χ4v) is 1.75. The number of hydrogen-bond donors (Lipinski definition) is 2. The Labute approximate surface area is 111 Å². The van der Waals surface area contributed by atoms with Gasteiger partial charge in [0.05, 0.1) is 5.69 Å². The Kier molecular flexibility index (Phi) is 4.25. The third-order valence-corrected chi connectivity index (χ3v) is 2.59. The fraction of sp³-hybridized carbons (Fsp3) is 0.308. The molecule has 100 valence electrons. The first-order valence-electron chi connectivity index (χ1n) is 6.13. The van der Waals surface area contributed by atoms with E-state index in [1.807, 2.05) is 31.2 Å². The first-order chi connectivity index (χ1) is 9.17. The molecule has 1 amide bonds. The number of hydrogen-bond acceptors (Lipinski definition) is 4. The number of aromatic nitrogens is 3. The summed E-state index contributed by atoms with van der Waals surface area (Å²) in [4.78, 5) is 11.8. The van der Waals surface area contributed by atoms with Gasteiger partial charge >= 0.3 is 0 Å². The number of anilines is 1. The molecule has 2 aromatic rings. The van der Waals surface area contributed by atoms with Crippen molar-refractivity contribution in [2.75, 3.05) is 11.9 Å². The molecule has 0 bridgehead atoms. The minimum Gasteiger partial charge on any atom is -0.330 e. The van der Waals surface area contributed by atoms with Crippen LogP contribution in [0.1, 0.15) is 11.3 Å². The summed E-state index contributed by atoms with van der Waals surface area (Å²) in [5.74, 6) is -0.130. The zero-order chi connectivity index (χ0) is 13.7. The van der Waals surface area contributed by atoms with Crippen LogP contribution in [-0.4, -0.2) is 27.4 Å². The van der Waals surface area contributed by atoms with Crippen LogP contribution in [0.4, 0.5) is 5.69 Å². The second-order valence-corrected chi connectivity index (χ2v) is 4.36. The van der Waals surface area contributed by atoms with E-state index in [4.69, 9.17) is 5.73 Å². The summed E-state index contributed by atoms with van der Waals surface area (Å²) >= 11 is 0. The molecule has 3 N–H and O–H groups in total. The number of amides is 1. The molecule has 0 aliphatic rings. The van der Waals surface area contributed by atoms with Crippen molar-refractivity contribution in [2.45, 2.75) is 19.9 Å². The zero-order valence-corrected chi connectivity index (χ0v) is 10.8. The van der Waals surface area contributed by atoms with E-state index in [9.17, 15) is 4.79 Å². The highest BCUT2D eigenvalue weighted by atomic mass is 16.2. The van der Waals surface area contributed by atoms with Crippen molar-refractivity contribution in [3.8, 4) is 0 Å². The van der Waals surface area contributed by atoms with E-state index in [2.05, 4.69) is 15.6 Å². The number of rotatable bonds is 5. The lowest BCUT2D eigenvalue weighted by molar-refractivity contribution is -0.116. The van der Waals surface area contributed by atoms with Crippen LogP contribution >= 0.6 is 0 Å². The lowest BCUT2D eigenvalue weighted by atomic mass is 10.2. The first-order valence-corrected chi connectivity index (χ1v) is 6.13. The first kappa shape index (κ1) is 13.2. The van der Waals surface area contributed by atoms with Gasteiger partial charge in [0.25, 0.3) is 0 Å². The molecule has 6 heteroatoms. The monoisotopic (exact) mass is 259 g/mol. The minimum atomic E-state index is -0.130. The highest BCUT2D eigenvalue weighted by Gasteiger charge is 2.06. The van der Waals surface area contributed by atoms with E-state index >= 15 is 0 Å². The molecule has 19 heavy (non-hydrogen) atoms. The Morgan fingerprint density at radius 2 is 2.32 bits per heavy atom. The molecule has 1 heterocycles. The summed E-state index contributed by atoms with van der Waals surface area (Å²) in [6.07, 6.45) is 2.40. The SMILES string of the molecule is Cc1cccc(NC(=O)Cn2cc(CCN)nn2)c1. The van der Waals surface area contributed by atoms with Gasteiger partial charge in [0.15, 0.2) is 0 Å². The number of nitrogens with two attached hydrogens (primary N) is 1. The van der Waals surface area contributed by atoms with Gasteiger partial charge in [0.1, 0.15) is 6.54 Å². The maximum absolute atomic E-state index is 11.8. The number of aryl methyl sites for hydroxylation is 1. The predicted molar refractivity (Wildman–Crippen MR) is 72.6 cm³/mol. The van der Waals surface area contributed by atoms with Crippen molar-refractivity contribution in [3.05, 3.63) is 41.7 Å². The lowest BCUT2D eigenvalue weighted by Gasteiger charge is -2.05. The topological polar surface area (TPSA) is 85.8 Å². The Hall–Kier alpha value is -2.21. The van der Waals surface area contributed by atoms with Gasteiger partial charge in [-0.1, -0.05) is 17.3 Å². The van der Waals surface area contributed by atoms with Crippen LogP contribution in [0.2, 0.25) is 0 Å². The third kappa shape index (κ3) is 3.89. The summed E-state index contributed by atoms with van der Waals surface area (Å²) < 4.78 is 1.51. The maximum atomic E-state index is 11.8. The smallest absolute Gasteiger partial charge is 0.246 e. The third-order valence-electron chi connectivity index (χ3n) is 2.59. The van der Waals surface area contributed by atoms with Crippen molar-refractivity contribution in [1.29, 1.82) is 0 Å². The van der Waals surface area contributed by atoms with E-state index < -0.39 is 0 Å². The molecule has 0 saturated heterocycles. The molecule has 1 aromatic carbocycles. The van der Waals surface area contributed by atoms with Gasteiger partial charge in [-0.15, -0.1) is 5.10 Å². The van der Waals surface area contributed by atoms with Crippen LogP contribution < -0.4 is 11.1 Å². The van der Waals surface area contributed by atoms with Gasteiger partial charge in [-0.25, -0.2) is 4.68 Å². The van der Waals surface area contributed by atoms with Crippen molar-refractivity contribution >= 4 is 11.6 Å². The van der Waals surface area contributed by atoms with Crippen LogP contribution in [0.3, 0.4) is 0 Å². The Morgan fingerprint density at radius 1 is 1.47 bits per heavy atom. The molecule has 0 aliphatic heterocycles. The second-order valence-electron chi connectivity index (χ2n) is 4.36. The number of nitrogens with one attached hydrogen (secondary N) is 1. The van der Waals surface area contributed by atoms with Crippen LogP contribution in [0.25, 0.3) is 0 Å². The van der Waals surface area contributed by atoms with E-state index in [0.29, 0.717) is 13.0 Å². The molecule has 6 nitrogen and oxygen atoms in total.